The van der Waals surface area contributed by atoms with Crippen molar-refractivity contribution in [2.24, 2.45) is 5.92 Å². The first kappa shape index (κ1) is 14.8. The molecule has 22 heavy (non-hydrogen) atoms. The van der Waals surface area contributed by atoms with E-state index in [0.29, 0.717) is 5.92 Å². The standard InChI is InChI=1S/C19H21NO2/c1-20-13-17-12-19(17,18(21)22-2)16-10-8-15(9-11-16)14-6-4-3-5-7-14/h3-11,17,20H,12-13H2,1-2H3/t17-,19-/m1/s1. The summed E-state index contributed by atoms with van der Waals surface area (Å²) in [5.41, 5.74) is 2.94. The molecule has 2 aromatic rings. The number of nitrogens with one attached hydrogen (secondary N) is 1. The minimum absolute atomic E-state index is 0.125. The maximum Gasteiger partial charge on any atom is 0.316 e. The molecule has 0 amide bonds. The lowest BCUT2D eigenvalue weighted by Crippen LogP contribution is -2.27. The Bertz CT molecular complexity index is 651. The van der Waals surface area contributed by atoms with Crippen LogP contribution in [0.5, 0.6) is 0 Å². The molecule has 1 fully saturated rings. The Hall–Kier alpha value is -2.13. The molecule has 1 aliphatic rings. The first-order valence-corrected chi connectivity index (χ1v) is 7.61. The number of ether oxygens (including phenoxy) is 1. The average Bonchev–Trinajstić information content (AvgIpc) is 3.31. The van der Waals surface area contributed by atoms with E-state index in [1.54, 1.807) is 0 Å². The summed E-state index contributed by atoms with van der Waals surface area (Å²) < 4.78 is 5.06. The molecule has 0 aliphatic heterocycles. The molecule has 0 aromatic heterocycles. The second kappa shape index (κ2) is 5.93. The summed E-state index contributed by atoms with van der Waals surface area (Å²) in [6.45, 7) is 0.829. The fourth-order valence-corrected chi connectivity index (χ4v) is 3.32. The molecule has 2 aromatic carbocycles. The Balaban J connectivity index is 1.90. The molecule has 0 heterocycles. The lowest BCUT2D eigenvalue weighted by molar-refractivity contribution is -0.144. The first-order valence-electron chi connectivity index (χ1n) is 7.61. The Kier molecular flexibility index (Phi) is 3.99. The molecule has 2 atom stereocenters. The maximum absolute atomic E-state index is 12.3. The molecule has 0 unspecified atom stereocenters. The number of carbonyl (C=O) groups is 1. The largest absolute Gasteiger partial charge is 0.468 e. The van der Waals surface area contributed by atoms with Gasteiger partial charge in [-0.05, 0) is 42.6 Å². The van der Waals surface area contributed by atoms with Crippen molar-refractivity contribution in [2.75, 3.05) is 20.7 Å². The van der Waals surface area contributed by atoms with Gasteiger partial charge in [-0.1, -0.05) is 54.6 Å². The number of hydrogen-bond donors (Lipinski definition) is 1. The van der Waals surface area contributed by atoms with Gasteiger partial charge in [0.2, 0.25) is 0 Å². The zero-order valence-electron chi connectivity index (χ0n) is 13.0. The number of hydrogen-bond acceptors (Lipinski definition) is 3. The van der Waals surface area contributed by atoms with Crippen LogP contribution >= 0.6 is 0 Å². The highest BCUT2D eigenvalue weighted by Crippen LogP contribution is 2.55. The minimum atomic E-state index is -0.465. The molecule has 0 radical (unpaired) electrons. The number of carbonyl (C=O) groups excluding carboxylic acids is 1. The van der Waals surface area contributed by atoms with Crippen LogP contribution in [0.2, 0.25) is 0 Å². The molecule has 1 saturated carbocycles. The zero-order chi connectivity index (χ0) is 15.6. The van der Waals surface area contributed by atoms with E-state index in [2.05, 4.69) is 41.7 Å². The normalized spacial score (nSPS) is 23.1. The van der Waals surface area contributed by atoms with Crippen molar-refractivity contribution in [1.82, 2.24) is 5.32 Å². The quantitative estimate of drug-likeness (QED) is 0.862. The van der Waals surface area contributed by atoms with Crippen LogP contribution in [0, 0.1) is 5.92 Å². The highest BCUT2D eigenvalue weighted by atomic mass is 16.5. The van der Waals surface area contributed by atoms with Crippen LogP contribution in [0.25, 0.3) is 11.1 Å². The van der Waals surface area contributed by atoms with Gasteiger partial charge in [0.05, 0.1) is 12.5 Å². The summed E-state index contributed by atoms with van der Waals surface area (Å²) in [6, 6.07) is 18.6. The van der Waals surface area contributed by atoms with Crippen LogP contribution < -0.4 is 5.32 Å². The third-order valence-corrected chi connectivity index (χ3v) is 4.61. The molecular weight excluding hydrogens is 274 g/mol. The summed E-state index contributed by atoms with van der Waals surface area (Å²) in [6.07, 6.45) is 0.852. The van der Waals surface area contributed by atoms with Crippen LogP contribution in [-0.2, 0) is 14.9 Å². The Labute approximate surface area is 131 Å². The van der Waals surface area contributed by atoms with Gasteiger partial charge >= 0.3 is 5.97 Å². The molecule has 0 bridgehead atoms. The predicted molar refractivity (Wildman–Crippen MR) is 87.6 cm³/mol. The third kappa shape index (κ3) is 2.42. The fraction of sp³-hybridized carbons (Fsp3) is 0.316. The predicted octanol–water partition coefficient (Wildman–Crippen LogP) is 3.00. The van der Waals surface area contributed by atoms with Crippen molar-refractivity contribution >= 4 is 5.97 Å². The van der Waals surface area contributed by atoms with Gasteiger partial charge in [0.1, 0.15) is 0 Å². The van der Waals surface area contributed by atoms with E-state index in [4.69, 9.17) is 4.74 Å². The monoisotopic (exact) mass is 295 g/mol. The van der Waals surface area contributed by atoms with Gasteiger partial charge in [0.25, 0.3) is 0 Å². The number of methoxy groups -OCH3 is 1. The van der Waals surface area contributed by atoms with Gasteiger partial charge in [-0.3, -0.25) is 4.79 Å². The molecule has 0 saturated heterocycles. The molecule has 114 valence electrons. The molecule has 3 rings (SSSR count). The SMILES string of the molecule is CNC[C@H]1C[C@@]1(C(=O)OC)c1ccc(-c2ccccc2)cc1. The van der Waals surface area contributed by atoms with E-state index in [-0.39, 0.29) is 5.97 Å². The van der Waals surface area contributed by atoms with E-state index in [9.17, 15) is 4.79 Å². The number of rotatable bonds is 5. The molecule has 3 heteroatoms. The second-order valence-corrected chi connectivity index (χ2v) is 5.87. The highest BCUT2D eigenvalue weighted by molar-refractivity contribution is 5.87. The summed E-state index contributed by atoms with van der Waals surface area (Å²) in [5, 5.41) is 3.16. The molecule has 1 N–H and O–H groups in total. The molecular formula is C19H21NO2. The summed E-state index contributed by atoms with van der Waals surface area (Å²) >= 11 is 0. The van der Waals surface area contributed by atoms with Crippen molar-refractivity contribution in [3.63, 3.8) is 0 Å². The van der Waals surface area contributed by atoms with Crippen LogP contribution in [0.3, 0.4) is 0 Å². The fourth-order valence-electron chi connectivity index (χ4n) is 3.32. The number of esters is 1. The lowest BCUT2D eigenvalue weighted by atomic mass is 9.91. The van der Waals surface area contributed by atoms with Gasteiger partial charge in [-0.25, -0.2) is 0 Å². The van der Waals surface area contributed by atoms with Crippen LogP contribution in [0.4, 0.5) is 0 Å². The second-order valence-electron chi connectivity index (χ2n) is 5.87. The van der Waals surface area contributed by atoms with Gasteiger partial charge in [0, 0.05) is 0 Å². The highest BCUT2D eigenvalue weighted by Gasteiger charge is 2.61. The summed E-state index contributed by atoms with van der Waals surface area (Å²) in [4.78, 5) is 12.3. The van der Waals surface area contributed by atoms with Gasteiger partial charge in [0.15, 0.2) is 0 Å². The van der Waals surface area contributed by atoms with Crippen molar-refractivity contribution < 1.29 is 9.53 Å². The Morgan fingerprint density at radius 2 is 1.77 bits per heavy atom. The maximum atomic E-state index is 12.3. The summed E-state index contributed by atoms with van der Waals surface area (Å²) in [7, 11) is 3.38. The van der Waals surface area contributed by atoms with Gasteiger partial charge in [-0.2, -0.15) is 0 Å². The van der Waals surface area contributed by atoms with Crippen molar-refractivity contribution in [2.45, 2.75) is 11.8 Å². The molecule has 0 spiro atoms. The van der Waals surface area contributed by atoms with Crippen molar-refractivity contribution in [1.29, 1.82) is 0 Å². The van der Waals surface area contributed by atoms with E-state index in [1.165, 1.54) is 12.7 Å². The van der Waals surface area contributed by atoms with Crippen LogP contribution in [0.15, 0.2) is 54.6 Å². The topological polar surface area (TPSA) is 38.3 Å². The number of benzene rings is 2. The smallest absolute Gasteiger partial charge is 0.316 e. The van der Waals surface area contributed by atoms with Gasteiger partial charge in [-0.15, -0.1) is 0 Å². The van der Waals surface area contributed by atoms with Crippen LogP contribution in [-0.4, -0.2) is 26.7 Å². The summed E-state index contributed by atoms with van der Waals surface area (Å²) in [5.74, 6) is 0.188. The minimum Gasteiger partial charge on any atom is -0.468 e. The van der Waals surface area contributed by atoms with Crippen molar-refractivity contribution in [3.8, 4) is 11.1 Å². The van der Waals surface area contributed by atoms with E-state index in [0.717, 1.165) is 24.1 Å². The molecule has 1 aliphatic carbocycles. The van der Waals surface area contributed by atoms with E-state index in [1.807, 2.05) is 25.2 Å². The van der Waals surface area contributed by atoms with Crippen LogP contribution in [0.1, 0.15) is 12.0 Å². The van der Waals surface area contributed by atoms with Gasteiger partial charge < -0.3 is 10.1 Å². The average molecular weight is 295 g/mol. The Morgan fingerprint density at radius 3 is 2.36 bits per heavy atom. The van der Waals surface area contributed by atoms with E-state index >= 15 is 0 Å². The first-order chi connectivity index (χ1) is 10.7. The zero-order valence-corrected chi connectivity index (χ0v) is 13.0. The molecule has 3 nitrogen and oxygen atoms in total. The van der Waals surface area contributed by atoms with E-state index < -0.39 is 5.41 Å². The Morgan fingerprint density at radius 1 is 1.14 bits per heavy atom. The third-order valence-electron chi connectivity index (χ3n) is 4.61. The van der Waals surface area contributed by atoms with Crippen molar-refractivity contribution in [3.05, 3.63) is 60.2 Å². The lowest BCUT2D eigenvalue weighted by Gasteiger charge is -2.16.